The second-order valence-corrected chi connectivity index (χ2v) is 5.24. The Morgan fingerprint density at radius 2 is 2.05 bits per heavy atom. The molecule has 0 aliphatic carbocycles. The molecule has 4 nitrogen and oxygen atoms in total. The van der Waals surface area contributed by atoms with Crippen LogP contribution in [0.1, 0.15) is 24.5 Å². The van der Waals surface area contributed by atoms with Crippen molar-refractivity contribution >= 4 is 17.3 Å². The van der Waals surface area contributed by atoms with Crippen molar-refractivity contribution in [2.45, 2.75) is 32.7 Å². The number of nitrogens with zero attached hydrogens (tertiary/aromatic N) is 1. The lowest BCUT2D eigenvalue weighted by Crippen LogP contribution is -2.23. The molecular weight excluding hydrogens is 274 g/mol. The van der Waals surface area contributed by atoms with Crippen LogP contribution in [0.4, 0.5) is 5.69 Å². The first kappa shape index (κ1) is 14.6. The SMILES string of the molecule is CCC(Cc1ccc(C)cc1)Nc1cn[nH]c(=O)c1Cl. The van der Waals surface area contributed by atoms with Gasteiger partial charge in [-0.25, -0.2) is 5.10 Å². The number of anilines is 1. The van der Waals surface area contributed by atoms with Crippen molar-refractivity contribution in [3.8, 4) is 0 Å². The highest BCUT2D eigenvalue weighted by molar-refractivity contribution is 6.32. The zero-order chi connectivity index (χ0) is 14.5. The molecule has 1 unspecified atom stereocenters. The zero-order valence-electron chi connectivity index (χ0n) is 11.6. The third-order valence-electron chi connectivity index (χ3n) is 3.25. The fraction of sp³-hybridized carbons (Fsp3) is 0.333. The summed E-state index contributed by atoms with van der Waals surface area (Å²) in [4.78, 5) is 11.4. The third-order valence-corrected chi connectivity index (χ3v) is 3.63. The molecule has 0 aliphatic rings. The molecule has 0 spiro atoms. The van der Waals surface area contributed by atoms with E-state index in [1.807, 2.05) is 0 Å². The van der Waals surface area contributed by atoms with Gasteiger partial charge in [-0.3, -0.25) is 4.79 Å². The third kappa shape index (κ3) is 3.61. The fourth-order valence-electron chi connectivity index (χ4n) is 2.01. The van der Waals surface area contributed by atoms with E-state index in [1.165, 1.54) is 11.1 Å². The number of aromatic nitrogens is 2. The van der Waals surface area contributed by atoms with E-state index >= 15 is 0 Å². The van der Waals surface area contributed by atoms with Crippen LogP contribution in [0, 0.1) is 6.92 Å². The molecule has 5 heteroatoms. The van der Waals surface area contributed by atoms with E-state index in [2.05, 4.69) is 53.6 Å². The molecule has 1 atom stereocenters. The molecule has 1 aromatic carbocycles. The molecule has 1 aromatic heterocycles. The van der Waals surface area contributed by atoms with Gasteiger partial charge in [0.15, 0.2) is 0 Å². The van der Waals surface area contributed by atoms with Gasteiger partial charge in [0.05, 0.1) is 11.9 Å². The smallest absolute Gasteiger partial charge is 0.285 e. The maximum atomic E-state index is 11.4. The van der Waals surface area contributed by atoms with E-state index in [4.69, 9.17) is 11.6 Å². The molecule has 0 fully saturated rings. The minimum atomic E-state index is -0.373. The summed E-state index contributed by atoms with van der Waals surface area (Å²) >= 11 is 5.97. The number of aryl methyl sites for hydroxylation is 1. The average molecular weight is 292 g/mol. The summed E-state index contributed by atoms with van der Waals surface area (Å²) in [5, 5.41) is 9.52. The molecule has 0 radical (unpaired) electrons. The number of H-pyrrole nitrogens is 1. The number of aromatic amines is 1. The number of hydrogen-bond acceptors (Lipinski definition) is 3. The van der Waals surface area contributed by atoms with Gasteiger partial charge in [0.2, 0.25) is 0 Å². The van der Waals surface area contributed by atoms with Crippen LogP contribution in [-0.2, 0) is 6.42 Å². The summed E-state index contributed by atoms with van der Waals surface area (Å²) in [6.45, 7) is 4.17. The second-order valence-electron chi connectivity index (χ2n) is 4.87. The number of hydrogen-bond donors (Lipinski definition) is 2. The first-order chi connectivity index (χ1) is 9.60. The van der Waals surface area contributed by atoms with Gasteiger partial charge in [-0.15, -0.1) is 0 Å². The van der Waals surface area contributed by atoms with E-state index in [0.29, 0.717) is 5.69 Å². The van der Waals surface area contributed by atoms with Crippen molar-refractivity contribution in [1.29, 1.82) is 0 Å². The number of rotatable bonds is 5. The van der Waals surface area contributed by atoms with Crippen molar-refractivity contribution in [1.82, 2.24) is 10.2 Å². The molecule has 0 aliphatic heterocycles. The lowest BCUT2D eigenvalue weighted by molar-refractivity contribution is 0.689. The summed E-state index contributed by atoms with van der Waals surface area (Å²) < 4.78 is 0. The number of nitrogens with one attached hydrogen (secondary N) is 2. The van der Waals surface area contributed by atoms with Gasteiger partial charge >= 0.3 is 0 Å². The first-order valence-corrected chi connectivity index (χ1v) is 7.03. The average Bonchev–Trinajstić information content (AvgIpc) is 2.45. The Hall–Kier alpha value is -1.81. The quantitative estimate of drug-likeness (QED) is 0.889. The highest BCUT2D eigenvalue weighted by Gasteiger charge is 2.11. The van der Waals surface area contributed by atoms with Crippen LogP contribution in [0.15, 0.2) is 35.3 Å². The highest BCUT2D eigenvalue weighted by Crippen LogP contribution is 2.18. The zero-order valence-corrected chi connectivity index (χ0v) is 12.4. The van der Waals surface area contributed by atoms with Crippen LogP contribution >= 0.6 is 11.6 Å². The van der Waals surface area contributed by atoms with E-state index in [9.17, 15) is 4.79 Å². The monoisotopic (exact) mass is 291 g/mol. The summed E-state index contributed by atoms with van der Waals surface area (Å²) in [5.74, 6) is 0. The predicted molar refractivity (Wildman–Crippen MR) is 82.5 cm³/mol. The Balaban J connectivity index is 2.11. The standard InChI is InChI=1S/C15H18ClN3O/c1-3-12(8-11-6-4-10(2)5-7-11)18-13-9-17-19-15(20)14(13)16/h4-7,9,12H,3,8H2,1-2H3,(H2,18,19,20). The van der Waals surface area contributed by atoms with Gasteiger partial charge in [0, 0.05) is 6.04 Å². The van der Waals surface area contributed by atoms with E-state index in [0.717, 1.165) is 12.8 Å². The molecule has 1 heterocycles. The minimum Gasteiger partial charge on any atom is -0.379 e. The van der Waals surface area contributed by atoms with Crippen LogP contribution < -0.4 is 10.9 Å². The van der Waals surface area contributed by atoms with Gasteiger partial charge in [-0.2, -0.15) is 5.10 Å². The lowest BCUT2D eigenvalue weighted by Gasteiger charge is -2.18. The maximum absolute atomic E-state index is 11.4. The number of halogens is 1. The Labute approximate surface area is 123 Å². The molecule has 106 valence electrons. The second kappa shape index (κ2) is 6.57. The normalized spacial score (nSPS) is 12.2. The molecule has 0 bridgehead atoms. The van der Waals surface area contributed by atoms with Crippen LogP contribution in [0.2, 0.25) is 5.02 Å². The van der Waals surface area contributed by atoms with Crippen molar-refractivity contribution < 1.29 is 0 Å². The van der Waals surface area contributed by atoms with Crippen LogP contribution in [0.25, 0.3) is 0 Å². The first-order valence-electron chi connectivity index (χ1n) is 6.65. The van der Waals surface area contributed by atoms with Crippen molar-refractivity contribution in [3.63, 3.8) is 0 Å². The van der Waals surface area contributed by atoms with Gasteiger partial charge in [0.25, 0.3) is 5.56 Å². The molecule has 0 amide bonds. The largest absolute Gasteiger partial charge is 0.379 e. The molecule has 0 saturated heterocycles. The predicted octanol–water partition coefficient (Wildman–Crippen LogP) is 3.16. The molecule has 2 aromatic rings. The summed E-state index contributed by atoms with van der Waals surface area (Å²) in [6, 6.07) is 8.65. The molecule has 20 heavy (non-hydrogen) atoms. The molecule has 0 saturated carbocycles. The van der Waals surface area contributed by atoms with Crippen LogP contribution in [0.3, 0.4) is 0 Å². The summed E-state index contributed by atoms with van der Waals surface area (Å²) in [5.41, 5.74) is 2.71. The Morgan fingerprint density at radius 3 is 2.70 bits per heavy atom. The fourth-order valence-corrected chi connectivity index (χ4v) is 2.16. The molecular formula is C15H18ClN3O. The van der Waals surface area contributed by atoms with Crippen molar-refractivity contribution in [2.24, 2.45) is 0 Å². The van der Waals surface area contributed by atoms with Crippen LogP contribution in [-0.4, -0.2) is 16.2 Å². The van der Waals surface area contributed by atoms with Gasteiger partial charge in [-0.05, 0) is 25.3 Å². The van der Waals surface area contributed by atoms with E-state index in [-0.39, 0.29) is 16.6 Å². The van der Waals surface area contributed by atoms with Gasteiger partial charge in [-0.1, -0.05) is 48.4 Å². The minimum absolute atomic E-state index is 0.155. The molecule has 2 rings (SSSR count). The van der Waals surface area contributed by atoms with Gasteiger partial charge < -0.3 is 5.32 Å². The molecule has 2 N–H and O–H groups in total. The van der Waals surface area contributed by atoms with Crippen LogP contribution in [0.5, 0.6) is 0 Å². The summed E-state index contributed by atoms with van der Waals surface area (Å²) in [6.07, 6.45) is 3.35. The summed E-state index contributed by atoms with van der Waals surface area (Å²) in [7, 11) is 0. The van der Waals surface area contributed by atoms with E-state index in [1.54, 1.807) is 6.20 Å². The Bertz CT molecular complexity index is 622. The Morgan fingerprint density at radius 1 is 1.35 bits per heavy atom. The maximum Gasteiger partial charge on any atom is 0.285 e. The lowest BCUT2D eigenvalue weighted by atomic mass is 10.0. The van der Waals surface area contributed by atoms with E-state index < -0.39 is 0 Å². The number of benzene rings is 1. The van der Waals surface area contributed by atoms with Crippen molar-refractivity contribution in [2.75, 3.05) is 5.32 Å². The van der Waals surface area contributed by atoms with Crippen molar-refractivity contribution in [3.05, 3.63) is 57.0 Å². The Kier molecular flexibility index (Phi) is 4.79. The van der Waals surface area contributed by atoms with Gasteiger partial charge in [0.1, 0.15) is 5.02 Å². The highest BCUT2D eigenvalue weighted by atomic mass is 35.5. The topological polar surface area (TPSA) is 57.8 Å².